The van der Waals surface area contributed by atoms with E-state index in [1.54, 1.807) is 0 Å². The highest BCUT2D eigenvalue weighted by Crippen LogP contribution is 2.34. The van der Waals surface area contributed by atoms with E-state index in [1.165, 1.54) is 12.1 Å². The van der Waals surface area contributed by atoms with Crippen LogP contribution >= 0.6 is 11.6 Å². The number of alkyl halides is 3. The summed E-state index contributed by atoms with van der Waals surface area (Å²) in [6.07, 6.45) is -3.51. The molecular formula is C21H21ClF3NO2. The SMILES string of the molecule is O=C(O)C[C@H]1C[C@H](c2ccc(Cl)cc2)CN(Cc2ccc(C(F)(F)F)cc2)C1. The molecular weight excluding hydrogens is 391 g/mol. The third-order valence-electron chi connectivity index (χ3n) is 5.10. The first-order valence-corrected chi connectivity index (χ1v) is 9.44. The molecule has 150 valence electrons. The fourth-order valence-electron chi connectivity index (χ4n) is 3.86. The molecule has 0 aromatic heterocycles. The van der Waals surface area contributed by atoms with Gasteiger partial charge in [-0.05, 0) is 53.6 Å². The molecule has 1 heterocycles. The lowest BCUT2D eigenvalue weighted by Gasteiger charge is -2.37. The number of carbonyl (C=O) groups is 1. The predicted octanol–water partition coefficient (Wildman–Crippen LogP) is 5.44. The molecule has 2 atom stereocenters. The third kappa shape index (κ3) is 5.49. The van der Waals surface area contributed by atoms with Gasteiger partial charge in [-0.15, -0.1) is 0 Å². The first-order valence-electron chi connectivity index (χ1n) is 9.06. The number of rotatable bonds is 5. The van der Waals surface area contributed by atoms with E-state index >= 15 is 0 Å². The standard InChI is InChI=1S/C21H21ClF3NO2/c22-19-7-3-16(4-8-19)17-9-15(10-20(27)28)12-26(13-17)11-14-1-5-18(6-2-14)21(23,24)25/h1-8,15,17H,9-13H2,(H,27,28)/t15-,17+/m1/s1. The fourth-order valence-corrected chi connectivity index (χ4v) is 3.99. The highest BCUT2D eigenvalue weighted by atomic mass is 35.5. The molecule has 7 heteroatoms. The summed E-state index contributed by atoms with van der Waals surface area (Å²) in [4.78, 5) is 13.3. The van der Waals surface area contributed by atoms with E-state index in [9.17, 15) is 23.1 Å². The number of carboxylic acids is 1. The number of piperidine rings is 1. The number of benzene rings is 2. The van der Waals surface area contributed by atoms with Gasteiger partial charge in [-0.25, -0.2) is 0 Å². The number of halogens is 4. The van der Waals surface area contributed by atoms with Crippen LogP contribution in [0.2, 0.25) is 5.02 Å². The second-order valence-corrected chi connectivity index (χ2v) is 7.77. The molecule has 0 unspecified atom stereocenters. The van der Waals surface area contributed by atoms with Crippen molar-refractivity contribution in [3.63, 3.8) is 0 Å². The van der Waals surface area contributed by atoms with Crippen molar-refractivity contribution in [1.29, 1.82) is 0 Å². The fraction of sp³-hybridized carbons (Fsp3) is 0.381. The number of likely N-dealkylation sites (tertiary alicyclic amines) is 1. The van der Waals surface area contributed by atoms with Crippen LogP contribution in [-0.4, -0.2) is 29.1 Å². The quantitative estimate of drug-likeness (QED) is 0.712. The molecule has 0 aliphatic carbocycles. The minimum Gasteiger partial charge on any atom is -0.481 e. The lowest BCUT2D eigenvalue weighted by atomic mass is 9.83. The van der Waals surface area contributed by atoms with Gasteiger partial charge in [-0.2, -0.15) is 13.2 Å². The summed E-state index contributed by atoms with van der Waals surface area (Å²) in [7, 11) is 0. The Labute approximate surface area is 166 Å². The van der Waals surface area contributed by atoms with Crippen LogP contribution in [0.1, 0.15) is 35.4 Å². The number of hydrogen-bond acceptors (Lipinski definition) is 2. The lowest BCUT2D eigenvalue weighted by Crippen LogP contribution is -2.39. The molecule has 2 aromatic carbocycles. The largest absolute Gasteiger partial charge is 0.481 e. The molecule has 0 saturated carbocycles. The summed E-state index contributed by atoms with van der Waals surface area (Å²) >= 11 is 5.96. The highest BCUT2D eigenvalue weighted by Gasteiger charge is 2.31. The molecule has 0 radical (unpaired) electrons. The van der Waals surface area contributed by atoms with Crippen LogP contribution < -0.4 is 0 Å². The second-order valence-electron chi connectivity index (χ2n) is 7.34. The summed E-state index contributed by atoms with van der Waals surface area (Å²) in [5, 5.41) is 9.84. The number of nitrogens with zero attached hydrogens (tertiary/aromatic N) is 1. The Morgan fingerprint density at radius 1 is 1.07 bits per heavy atom. The van der Waals surface area contributed by atoms with Crippen LogP contribution in [0.5, 0.6) is 0 Å². The minimum atomic E-state index is -4.35. The summed E-state index contributed by atoms with van der Waals surface area (Å²) < 4.78 is 38.2. The third-order valence-corrected chi connectivity index (χ3v) is 5.36. The topological polar surface area (TPSA) is 40.5 Å². The van der Waals surface area contributed by atoms with Crippen LogP contribution in [0.4, 0.5) is 13.2 Å². The molecule has 3 rings (SSSR count). The molecule has 3 nitrogen and oxygen atoms in total. The average Bonchev–Trinajstić information content (AvgIpc) is 2.61. The van der Waals surface area contributed by atoms with Crippen LogP contribution in [0.15, 0.2) is 48.5 Å². The summed E-state index contributed by atoms with van der Waals surface area (Å²) in [5.41, 5.74) is 1.20. The van der Waals surface area contributed by atoms with Crippen LogP contribution in [0.25, 0.3) is 0 Å². The van der Waals surface area contributed by atoms with E-state index < -0.39 is 17.7 Å². The maximum Gasteiger partial charge on any atom is 0.416 e. The Morgan fingerprint density at radius 3 is 2.29 bits per heavy atom. The van der Waals surface area contributed by atoms with Gasteiger partial charge in [-0.3, -0.25) is 9.69 Å². The van der Waals surface area contributed by atoms with Gasteiger partial charge in [0.05, 0.1) is 5.56 Å². The zero-order valence-corrected chi connectivity index (χ0v) is 15.9. The van der Waals surface area contributed by atoms with Gasteiger partial charge in [0, 0.05) is 31.1 Å². The van der Waals surface area contributed by atoms with Gasteiger partial charge in [-0.1, -0.05) is 35.9 Å². The molecule has 2 aromatic rings. The van der Waals surface area contributed by atoms with Gasteiger partial charge < -0.3 is 5.11 Å². The van der Waals surface area contributed by atoms with Crippen molar-refractivity contribution in [3.05, 3.63) is 70.2 Å². The molecule has 1 aliphatic rings. The molecule has 1 N–H and O–H groups in total. The molecule has 0 bridgehead atoms. The highest BCUT2D eigenvalue weighted by molar-refractivity contribution is 6.30. The van der Waals surface area contributed by atoms with E-state index in [0.717, 1.165) is 36.2 Å². The maximum atomic E-state index is 12.7. The molecule has 1 fully saturated rings. The number of carboxylic acid groups (broad SMARTS) is 1. The first kappa shape index (κ1) is 20.7. The molecule has 0 amide bonds. The monoisotopic (exact) mass is 411 g/mol. The Bertz CT molecular complexity index is 806. The normalized spacial score (nSPS) is 20.9. The van der Waals surface area contributed by atoms with Crippen LogP contribution in [-0.2, 0) is 17.5 Å². The molecule has 1 saturated heterocycles. The van der Waals surface area contributed by atoms with Crippen molar-refractivity contribution in [2.75, 3.05) is 13.1 Å². The Balaban J connectivity index is 1.74. The average molecular weight is 412 g/mol. The van der Waals surface area contributed by atoms with E-state index in [2.05, 4.69) is 4.90 Å². The maximum absolute atomic E-state index is 12.7. The van der Waals surface area contributed by atoms with Crippen LogP contribution in [0, 0.1) is 5.92 Å². The summed E-state index contributed by atoms with van der Waals surface area (Å²) in [6.45, 7) is 1.81. The summed E-state index contributed by atoms with van der Waals surface area (Å²) in [6, 6.07) is 12.7. The van der Waals surface area contributed by atoms with Gasteiger partial charge in [0.25, 0.3) is 0 Å². The Kier molecular flexibility index (Phi) is 6.30. The molecule has 0 spiro atoms. The number of aliphatic carboxylic acids is 1. The Hall–Kier alpha value is -2.05. The second kappa shape index (κ2) is 8.53. The van der Waals surface area contributed by atoms with Crippen molar-refractivity contribution in [3.8, 4) is 0 Å². The molecule has 28 heavy (non-hydrogen) atoms. The summed E-state index contributed by atoms with van der Waals surface area (Å²) in [5.74, 6) is -0.692. The van der Waals surface area contributed by atoms with Gasteiger partial charge in [0.15, 0.2) is 0 Å². The lowest BCUT2D eigenvalue weighted by molar-refractivity contribution is -0.139. The van der Waals surface area contributed by atoms with E-state index in [-0.39, 0.29) is 18.3 Å². The van der Waals surface area contributed by atoms with E-state index in [1.807, 2.05) is 24.3 Å². The molecule has 1 aliphatic heterocycles. The zero-order valence-electron chi connectivity index (χ0n) is 15.1. The Morgan fingerprint density at radius 2 is 1.71 bits per heavy atom. The van der Waals surface area contributed by atoms with Gasteiger partial charge in [0.2, 0.25) is 0 Å². The van der Waals surface area contributed by atoms with Crippen molar-refractivity contribution in [2.45, 2.75) is 31.5 Å². The number of hydrogen-bond donors (Lipinski definition) is 1. The van der Waals surface area contributed by atoms with Crippen molar-refractivity contribution < 1.29 is 23.1 Å². The van der Waals surface area contributed by atoms with Gasteiger partial charge in [0.1, 0.15) is 0 Å². The van der Waals surface area contributed by atoms with Crippen molar-refractivity contribution in [1.82, 2.24) is 4.90 Å². The van der Waals surface area contributed by atoms with Crippen molar-refractivity contribution >= 4 is 17.6 Å². The van der Waals surface area contributed by atoms with Crippen LogP contribution in [0.3, 0.4) is 0 Å². The minimum absolute atomic E-state index is 0.0126. The smallest absolute Gasteiger partial charge is 0.416 e. The van der Waals surface area contributed by atoms with Crippen molar-refractivity contribution in [2.24, 2.45) is 5.92 Å². The zero-order chi connectivity index (χ0) is 20.3. The van der Waals surface area contributed by atoms with E-state index in [4.69, 9.17) is 11.6 Å². The first-order chi connectivity index (χ1) is 13.2. The van der Waals surface area contributed by atoms with Gasteiger partial charge >= 0.3 is 12.1 Å². The van der Waals surface area contributed by atoms with E-state index in [0.29, 0.717) is 18.1 Å². The predicted molar refractivity (Wildman–Crippen MR) is 101 cm³/mol.